The topological polar surface area (TPSA) is 88.1 Å². The molecule has 0 saturated heterocycles. The summed E-state index contributed by atoms with van der Waals surface area (Å²) in [7, 11) is -2.51. The number of hydrogen-bond acceptors (Lipinski definition) is 5. The van der Waals surface area contributed by atoms with Gasteiger partial charge in [0.05, 0.1) is 29.8 Å². The molecule has 1 N–H and O–H groups in total. The first kappa shape index (κ1) is 26.0. The lowest BCUT2D eigenvalue weighted by Crippen LogP contribution is -2.33. The maximum Gasteiger partial charge on any atom is 0.273 e. The lowest BCUT2D eigenvalue weighted by atomic mass is 9.91. The van der Waals surface area contributed by atoms with Crippen molar-refractivity contribution >= 4 is 27.3 Å². The Bertz CT molecular complexity index is 1300. The molecule has 0 bridgehead atoms. The predicted molar refractivity (Wildman–Crippen MR) is 139 cm³/mol. The van der Waals surface area contributed by atoms with E-state index in [4.69, 9.17) is 4.74 Å². The number of hydrogen-bond donors (Lipinski definition) is 1. The Morgan fingerprint density at radius 3 is 2.14 bits per heavy atom. The molecule has 0 fully saturated rings. The van der Waals surface area contributed by atoms with Crippen molar-refractivity contribution in [3.05, 3.63) is 90.0 Å². The molecule has 35 heavy (non-hydrogen) atoms. The molecule has 1 amide bonds. The summed E-state index contributed by atoms with van der Waals surface area (Å²) >= 11 is 0. The van der Waals surface area contributed by atoms with E-state index >= 15 is 0 Å². The Kier molecular flexibility index (Phi) is 7.96. The Balaban J connectivity index is 2.08. The molecular formula is C27H31N3O4S. The third-order valence-corrected chi connectivity index (χ3v) is 7.42. The minimum Gasteiger partial charge on any atom is -0.497 e. The van der Waals surface area contributed by atoms with E-state index in [0.717, 1.165) is 11.3 Å². The Morgan fingerprint density at radius 1 is 0.943 bits per heavy atom. The van der Waals surface area contributed by atoms with Gasteiger partial charge >= 0.3 is 0 Å². The number of carbonyl (C=O) groups is 1. The Hall–Kier alpha value is -3.65. The maximum atomic E-state index is 13.8. The van der Waals surface area contributed by atoms with Crippen LogP contribution >= 0.6 is 0 Å². The molecule has 3 aromatic rings. The van der Waals surface area contributed by atoms with Gasteiger partial charge in [0, 0.05) is 11.1 Å². The summed E-state index contributed by atoms with van der Waals surface area (Å²) in [6, 6.07) is 22.0. The van der Waals surface area contributed by atoms with Crippen LogP contribution in [0, 0.1) is 5.41 Å². The molecule has 184 valence electrons. The summed E-state index contributed by atoms with van der Waals surface area (Å²) in [6.45, 7) is 7.87. The second-order valence-corrected chi connectivity index (χ2v) is 10.9. The Labute approximate surface area is 207 Å². The number of para-hydroxylation sites is 1. The number of hydrazone groups is 1. The molecule has 0 aromatic heterocycles. The van der Waals surface area contributed by atoms with E-state index in [1.807, 2.05) is 58.0 Å². The van der Waals surface area contributed by atoms with Gasteiger partial charge in [0.2, 0.25) is 0 Å². The van der Waals surface area contributed by atoms with E-state index in [0.29, 0.717) is 5.75 Å². The highest BCUT2D eigenvalue weighted by molar-refractivity contribution is 7.92. The molecule has 0 spiro atoms. The number of rotatable bonds is 8. The van der Waals surface area contributed by atoms with Gasteiger partial charge < -0.3 is 4.74 Å². The molecule has 0 aliphatic heterocycles. The lowest BCUT2D eigenvalue weighted by Gasteiger charge is -2.26. The van der Waals surface area contributed by atoms with E-state index in [2.05, 4.69) is 10.5 Å². The third-order valence-electron chi connectivity index (χ3n) is 5.64. The van der Waals surface area contributed by atoms with Crippen LogP contribution in [0.4, 0.5) is 5.69 Å². The van der Waals surface area contributed by atoms with Gasteiger partial charge in [0.15, 0.2) is 0 Å². The van der Waals surface area contributed by atoms with Crippen LogP contribution in [0.5, 0.6) is 5.75 Å². The largest absolute Gasteiger partial charge is 0.497 e. The van der Waals surface area contributed by atoms with Crippen molar-refractivity contribution in [3.63, 3.8) is 0 Å². The number of ether oxygens (including phenoxy) is 1. The van der Waals surface area contributed by atoms with E-state index < -0.39 is 15.9 Å². The first-order valence-electron chi connectivity index (χ1n) is 11.2. The first-order valence-corrected chi connectivity index (χ1v) is 12.6. The minimum atomic E-state index is -4.03. The fourth-order valence-electron chi connectivity index (χ4n) is 3.17. The van der Waals surface area contributed by atoms with Crippen LogP contribution in [0.1, 0.15) is 43.6 Å². The van der Waals surface area contributed by atoms with Gasteiger partial charge in [-0.05, 0) is 48.9 Å². The van der Waals surface area contributed by atoms with Crippen LogP contribution in [0.15, 0.2) is 88.9 Å². The second-order valence-electron chi connectivity index (χ2n) is 9.08. The molecule has 0 atom stereocenters. The number of amides is 1. The van der Waals surface area contributed by atoms with Crippen molar-refractivity contribution in [2.75, 3.05) is 11.4 Å². The van der Waals surface area contributed by atoms with Gasteiger partial charge in [0.25, 0.3) is 15.9 Å². The van der Waals surface area contributed by atoms with Crippen molar-refractivity contribution < 1.29 is 17.9 Å². The number of benzene rings is 3. The number of carbonyl (C=O) groups excluding carboxylic acids is 1. The molecule has 0 radical (unpaired) electrons. The molecular weight excluding hydrogens is 462 g/mol. The first-order chi connectivity index (χ1) is 16.5. The number of anilines is 1. The smallest absolute Gasteiger partial charge is 0.273 e. The predicted octanol–water partition coefficient (Wildman–Crippen LogP) is 5.24. The summed E-state index contributed by atoms with van der Waals surface area (Å²) in [5.41, 5.74) is 4.35. The van der Waals surface area contributed by atoms with Crippen molar-refractivity contribution in [1.29, 1.82) is 0 Å². The van der Waals surface area contributed by atoms with E-state index in [1.54, 1.807) is 36.4 Å². The monoisotopic (exact) mass is 493 g/mol. The number of nitrogens with one attached hydrogen (secondary N) is 1. The quantitative estimate of drug-likeness (QED) is 0.343. The van der Waals surface area contributed by atoms with Gasteiger partial charge in [-0.2, -0.15) is 5.10 Å². The summed E-state index contributed by atoms with van der Waals surface area (Å²) in [5, 5.41) is 4.23. The van der Waals surface area contributed by atoms with Crippen LogP contribution in [-0.4, -0.2) is 27.1 Å². The molecule has 7 nitrogen and oxygen atoms in total. The highest BCUT2D eigenvalue weighted by Gasteiger charge is 2.29. The van der Waals surface area contributed by atoms with E-state index in [-0.39, 0.29) is 28.1 Å². The van der Waals surface area contributed by atoms with Gasteiger partial charge in [0.1, 0.15) is 5.75 Å². The van der Waals surface area contributed by atoms with Crippen molar-refractivity contribution in [2.45, 2.75) is 39.1 Å². The Morgan fingerprint density at radius 2 is 1.54 bits per heavy atom. The third kappa shape index (κ3) is 6.27. The van der Waals surface area contributed by atoms with Gasteiger partial charge in [-0.25, -0.2) is 13.8 Å². The van der Waals surface area contributed by atoms with Crippen LogP contribution < -0.4 is 14.5 Å². The van der Waals surface area contributed by atoms with Gasteiger partial charge in [-0.1, -0.05) is 63.2 Å². The van der Waals surface area contributed by atoms with Crippen molar-refractivity contribution in [2.24, 2.45) is 10.5 Å². The van der Waals surface area contributed by atoms with Crippen LogP contribution in [0.2, 0.25) is 0 Å². The highest BCUT2D eigenvalue weighted by atomic mass is 32.2. The van der Waals surface area contributed by atoms with E-state index in [1.165, 1.54) is 23.5 Å². The van der Waals surface area contributed by atoms with Crippen molar-refractivity contribution in [3.8, 4) is 5.75 Å². The standard InChI is InChI=1S/C27H31N3O4S/c1-20(27(2,3)4)28-29-26(31)24-13-9-10-14-25(24)30(19-21-11-7-6-8-12-21)35(32,33)23-17-15-22(34-5)16-18-23/h6-18H,19H2,1-5H3,(H,29,31)/b28-20+. The minimum absolute atomic E-state index is 0.0454. The van der Waals surface area contributed by atoms with Gasteiger partial charge in [-0.3, -0.25) is 9.10 Å². The summed E-state index contributed by atoms with van der Waals surface area (Å²) < 4.78 is 34.1. The average molecular weight is 494 g/mol. The molecule has 0 unspecified atom stereocenters. The molecule has 3 rings (SSSR count). The zero-order chi connectivity index (χ0) is 25.6. The van der Waals surface area contributed by atoms with Crippen LogP contribution in [-0.2, 0) is 16.6 Å². The number of nitrogens with zero attached hydrogens (tertiary/aromatic N) is 2. The van der Waals surface area contributed by atoms with Crippen LogP contribution in [0.25, 0.3) is 0 Å². The second kappa shape index (κ2) is 10.7. The summed E-state index contributed by atoms with van der Waals surface area (Å²) in [5.74, 6) is 0.0533. The number of methoxy groups -OCH3 is 1. The zero-order valence-corrected chi connectivity index (χ0v) is 21.5. The summed E-state index contributed by atoms with van der Waals surface area (Å²) in [4.78, 5) is 13.2. The normalized spacial score (nSPS) is 12.2. The molecule has 0 aliphatic rings. The molecule has 8 heteroatoms. The van der Waals surface area contributed by atoms with Gasteiger partial charge in [-0.15, -0.1) is 0 Å². The molecule has 3 aromatic carbocycles. The van der Waals surface area contributed by atoms with Crippen molar-refractivity contribution in [1.82, 2.24) is 5.43 Å². The fourth-order valence-corrected chi connectivity index (χ4v) is 4.64. The highest BCUT2D eigenvalue weighted by Crippen LogP contribution is 2.30. The molecule has 0 saturated carbocycles. The average Bonchev–Trinajstić information content (AvgIpc) is 2.85. The SMILES string of the molecule is COc1ccc(S(=O)(=O)N(Cc2ccccc2)c2ccccc2C(=O)N/N=C(\C)C(C)(C)C)cc1. The zero-order valence-electron chi connectivity index (χ0n) is 20.6. The van der Waals surface area contributed by atoms with Crippen LogP contribution in [0.3, 0.4) is 0 Å². The molecule has 0 aliphatic carbocycles. The maximum absolute atomic E-state index is 13.8. The fraction of sp³-hybridized carbons (Fsp3) is 0.259. The number of sulfonamides is 1. The summed E-state index contributed by atoms with van der Waals surface area (Å²) in [6.07, 6.45) is 0. The van der Waals surface area contributed by atoms with E-state index in [9.17, 15) is 13.2 Å². The lowest BCUT2D eigenvalue weighted by molar-refractivity contribution is 0.0955. The molecule has 0 heterocycles.